The SMILES string of the molecule is Cc1cc(C(=O)CCc2sc(-c3ccc(C(F)(F)F)cc3)nc2C)ccc1OCC(=O)[O-]. The number of carboxylic acids is 1. The Morgan fingerprint density at radius 1 is 1.09 bits per heavy atom. The molecule has 0 aliphatic carbocycles. The molecule has 0 aliphatic heterocycles. The van der Waals surface area contributed by atoms with Gasteiger partial charge in [0.25, 0.3) is 0 Å². The van der Waals surface area contributed by atoms with Gasteiger partial charge in [0.1, 0.15) is 17.4 Å². The molecule has 32 heavy (non-hydrogen) atoms. The number of carbonyl (C=O) groups excluding carboxylic acids is 2. The van der Waals surface area contributed by atoms with Gasteiger partial charge in [0, 0.05) is 22.4 Å². The van der Waals surface area contributed by atoms with Crippen molar-refractivity contribution in [3.63, 3.8) is 0 Å². The van der Waals surface area contributed by atoms with E-state index in [1.54, 1.807) is 32.0 Å². The first kappa shape index (κ1) is 23.5. The van der Waals surface area contributed by atoms with E-state index in [2.05, 4.69) is 4.98 Å². The highest BCUT2D eigenvalue weighted by atomic mass is 32.1. The maximum absolute atomic E-state index is 12.7. The fourth-order valence-electron chi connectivity index (χ4n) is 3.08. The highest BCUT2D eigenvalue weighted by Crippen LogP contribution is 2.33. The standard InChI is InChI=1S/C23H20F3NO4S/c1-13-11-16(5-9-19(13)31-12-21(29)30)18(28)8-10-20-14(2)27-22(32-20)15-3-6-17(7-4-15)23(24,25)26/h3-7,9,11H,8,10,12H2,1-2H3,(H,29,30)/p-1. The van der Waals surface area contributed by atoms with Crippen LogP contribution in [0.15, 0.2) is 42.5 Å². The summed E-state index contributed by atoms with van der Waals surface area (Å²) in [5.41, 5.74) is 1.72. The second kappa shape index (κ2) is 9.52. The summed E-state index contributed by atoms with van der Waals surface area (Å²) in [6.07, 6.45) is -3.71. The average molecular weight is 462 g/mol. The summed E-state index contributed by atoms with van der Waals surface area (Å²) in [7, 11) is 0. The van der Waals surface area contributed by atoms with E-state index in [0.717, 1.165) is 22.7 Å². The first-order valence-corrected chi connectivity index (χ1v) is 10.5. The zero-order chi connectivity index (χ0) is 23.5. The maximum atomic E-state index is 12.7. The lowest BCUT2D eigenvalue weighted by atomic mass is 10.0. The van der Waals surface area contributed by atoms with Gasteiger partial charge in [-0.15, -0.1) is 11.3 Å². The molecule has 0 saturated heterocycles. The summed E-state index contributed by atoms with van der Waals surface area (Å²) in [4.78, 5) is 28.4. The van der Waals surface area contributed by atoms with Crippen molar-refractivity contribution in [1.82, 2.24) is 4.98 Å². The average Bonchev–Trinajstić information content (AvgIpc) is 3.11. The first-order chi connectivity index (χ1) is 15.0. The van der Waals surface area contributed by atoms with E-state index in [4.69, 9.17) is 4.74 Å². The third-order valence-electron chi connectivity index (χ3n) is 4.77. The van der Waals surface area contributed by atoms with E-state index in [1.807, 2.05) is 0 Å². The molecular weight excluding hydrogens is 443 g/mol. The lowest BCUT2D eigenvalue weighted by Gasteiger charge is -2.10. The second-order valence-corrected chi connectivity index (χ2v) is 8.25. The predicted molar refractivity (Wildman–Crippen MR) is 112 cm³/mol. The molecule has 0 spiro atoms. The third-order valence-corrected chi connectivity index (χ3v) is 6.04. The Morgan fingerprint density at radius 2 is 1.78 bits per heavy atom. The lowest BCUT2D eigenvalue weighted by Crippen LogP contribution is -2.29. The second-order valence-electron chi connectivity index (χ2n) is 7.17. The molecule has 2 aromatic carbocycles. The van der Waals surface area contributed by atoms with Crippen molar-refractivity contribution in [3.05, 3.63) is 69.7 Å². The highest BCUT2D eigenvalue weighted by Gasteiger charge is 2.30. The number of halogens is 3. The topological polar surface area (TPSA) is 79.3 Å². The number of ether oxygens (including phenoxy) is 1. The summed E-state index contributed by atoms with van der Waals surface area (Å²) < 4.78 is 43.3. The number of ketones is 1. The minimum Gasteiger partial charge on any atom is -0.546 e. The maximum Gasteiger partial charge on any atom is 0.416 e. The number of carboxylic acid groups (broad SMARTS) is 1. The Hall–Kier alpha value is -3.20. The molecule has 168 valence electrons. The Balaban J connectivity index is 1.66. The van der Waals surface area contributed by atoms with Gasteiger partial charge in [-0.05, 0) is 56.2 Å². The van der Waals surface area contributed by atoms with Crippen LogP contribution in [0.25, 0.3) is 10.6 Å². The smallest absolute Gasteiger partial charge is 0.416 e. The van der Waals surface area contributed by atoms with Crippen LogP contribution in [0.2, 0.25) is 0 Å². The molecule has 0 N–H and O–H groups in total. The van der Waals surface area contributed by atoms with Gasteiger partial charge in [-0.3, -0.25) is 4.79 Å². The molecular formula is C23H19F3NO4S-. The van der Waals surface area contributed by atoms with Gasteiger partial charge in [0.15, 0.2) is 5.78 Å². The zero-order valence-corrected chi connectivity index (χ0v) is 18.1. The molecule has 1 heterocycles. The summed E-state index contributed by atoms with van der Waals surface area (Å²) >= 11 is 1.35. The fourth-order valence-corrected chi connectivity index (χ4v) is 4.15. The Labute approximate surface area is 186 Å². The number of hydrogen-bond acceptors (Lipinski definition) is 6. The quantitative estimate of drug-likeness (QED) is 0.464. The number of aromatic nitrogens is 1. The molecule has 0 atom stereocenters. The van der Waals surface area contributed by atoms with Crippen LogP contribution in [0.5, 0.6) is 5.75 Å². The number of thiazole rings is 1. The normalized spacial score (nSPS) is 11.4. The first-order valence-electron chi connectivity index (χ1n) is 9.65. The van der Waals surface area contributed by atoms with Gasteiger partial charge in [-0.2, -0.15) is 13.2 Å². The van der Waals surface area contributed by atoms with Crippen molar-refractivity contribution in [1.29, 1.82) is 0 Å². The van der Waals surface area contributed by atoms with Gasteiger partial charge in [0.2, 0.25) is 0 Å². The van der Waals surface area contributed by atoms with Crippen LogP contribution >= 0.6 is 11.3 Å². The summed E-state index contributed by atoms with van der Waals surface area (Å²) in [6, 6.07) is 9.60. The summed E-state index contributed by atoms with van der Waals surface area (Å²) in [6.45, 7) is 2.95. The monoisotopic (exact) mass is 462 g/mol. The minimum atomic E-state index is -4.39. The van der Waals surface area contributed by atoms with Crippen molar-refractivity contribution >= 4 is 23.1 Å². The molecule has 3 rings (SSSR count). The summed E-state index contributed by atoms with van der Waals surface area (Å²) in [5.74, 6) is -1.06. The van der Waals surface area contributed by atoms with Crippen LogP contribution in [0.3, 0.4) is 0 Å². The predicted octanol–water partition coefficient (Wildman–Crippen LogP) is 4.39. The molecule has 9 heteroatoms. The van der Waals surface area contributed by atoms with E-state index >= 15 is 0 Å². The van der Waals surface area contributed by atoms with Crippen molar-refractivity contribution in [2.75, 3.05) is 6.61 Å². The largest absolute Gasteiger partial charge is 0.546 e. The Kier molecular flexibility index (Phi) is 6.98. The van der Waals surface area contributed by atoms with Crippen molar-refractivity contribution < 1.29 is 32.6 Å². The van der Waals surface area contributed by atoms with Gasteiger partial charge >= 0.3 is 6.18 Å². The van der Waals surface area contributed by atoms with Crippen LogP contribution < -0.4 is 9.84 Å². The molecule has 0 fully saturated rings. The van der Waals surface area contributed by atoms with Crippen LogP contribution in [0.4, 0.5) is 13.2 Å². The lowest BCUT2D eigenvalue weighted by molar-refractivity contribution is -0.307. The number of alkyl halides is 3. The number of aliphatic carboxylic acids is 1. The zero-order valence-electron chi connectivity index (χ0n) is 17.3. The number of carbonyl (C=O) groups is 2. The van der Waals surface area contributed by atoms with Crippen LogP contribution in [-0.2, 0) is 17.4 Å². The van der Waals surface area contributed by atoms with Crippen molar-refractivity contribution in [3.8, 4) is 16.3 Å². The van der Waals surface area contributed by atoms with Crippen molar-refractivity contribution in [2.24, 2.45) is 0 Å². The molecule has 0 radical (unpaired) electrons. The molecule has 3 aromatic rings. The van der Waals surface area contributed by atoms with Crippen LogP contribution in [0, 0.1) is 13.8 Å². The number of hydrogen-bond donors (Lipinski definition) is 0. The third kappa shape index (κ3) is 5.73. The summed E-state index contributed by atoms with van der Waals surface area (Å²) in [5, 5.41) is 11.1. The van der Waals surface area contributed by atoms with Gasteiger partial charge in [-0.25, -0.2) is 4.98 Å². The fraction of sp³-hybridized carbons (Fsp3) is 0.261. The number of nitrogens with zero attached hydrogens (tertiary/aromatic N) is 1. The Morgan fingerprint density at radius 3 is 2.38 bits per heavy atom. The van der Waals surface area contributed by atoms with E-state index in [1.165, 1.54) is 23.5 Å². The van der Waals surface area contributed by atoms with E-state index in [0.29, 0.717) is 33.9 Å². The molecule has 0 amide bonds. The minimum absolute atomic E-state index is 0.0940. The number of aryl methyl sites for hydroxylation is 3. The van der Waals surface area contributed by atoms with Crippen LogP contribution in [0.1, 0.15) is 38.5 Å². The number of benzene rings is 2. The molecule has 1 aromatic heterocycles. The molecule has 0 saturated carbocycles. The Bertz CT molecular complexity index is 1140. The van der Waals surface area contributed by atoms with Gasteiger partial charge < -0.3 is 14.6 Å². The van der Waals surface area contributed by atoms with E-state index in [9.17, 15) is 27.9 Å². The molecule has 0 bridgehead atoms. The van der Waals surface area contributed by atoms with E-state index < -0.39 is 24.3 Å². The van der Waals surface area contributed by atoms with Gasteiger partial charge in [-0.1, -0.05) is 12.1 Å². The number of Topliss-reactive ketones (excluding diaryl/α,β-unsaturated/α-hetero) is 1. The van der Waals surface area contributed by atoms with E-state index in [-0.39, 0.29) is 12.2 Å². The van der Waals surface area contributed by atoms with Crippen molar-refractivity contribution in [2.45, 2.75) is 32.9 Å². The molecule has 5 nitrogen and oxygen atoms in total. The van der Waals surface area contributed by atoms with Crippen LogP contribution in [-0.4, -0.2) is 23.3 Å². The van der Waals surface area contributed by atoms with Gasteiger partial charge in [0.05, 0.1) is 17.2 Å². The molecule has 0 unspecified atom stereocenters. The number of rotatable bonds is 8. The highest BCUT2D eigenvalue weighted by molar-refractivity contribution is 7.15. The molecule has 0 aliphatic rings.